The van der Waals surface area contributed by atoms with Gasteiger partial charge in [-0.2, -0.15) is 4.31 Å². The van der Waals surface area contributed by atoms with Crippen molar-refractivity contribution >= 4 is 21.6 Å². The van der Waals surface area contributed by atoms with Gasteiger partial charge in [-0.3, -0.25) is 4.90 Å². The number of rotatable bonds is 3. The van der Waals surface area contributed by atoms with Crippen molar-refractivity contribution < 1.29 is 8.42 Å². The molecule has 0 amide bonds. The third-order valence-corrected chi connectivity index (χ3v) is 6.19. The summed E-state index contributed by atoms with van der Waals surface area (Å²) in [6, 6.07) is 3.29. The quantitative estimate of drug-likeness (QED) is 0.795. The van der Waals surface area contributed by atoms with Gasteiger partial charge in [-0.15, -0.1) is 0 Å². The highest BCUT2D eigenvalue weighted by Crippen LogP contribution is 2.26. The number of pyridine rings is 1. The van der Waals surface area contributed by atoms with Crippen LogP contribution in [0.5, 0.6) is 0 Å². The van der Waals surface area contributed by atoms with Crippen LogP contribution < -0.4 is 0 Å². The molecule has 1 aromatic heterocycles. The summed E-state index contributed by atoms with van der Waals surface area (Å²) in [6.45, 7) is 3.37. The van der Waals surface area contributed by atoms with E-state index in [1.165, 1.54) is 31.2 Å². The lowest BCUT2D eigenvalue weighted by Gasteiger charge is -2.23. The van der Waals surface area contributed by atoms with Gasteiger partial charge in [0.2, 0.25) is 10.0 Å². The summed E-state index contributed by atoms with van der Waals surface area (Å²) >= 11 is 5.79. The van der Waals surface area contributed by atoms with Crippen LogP contribution in [0.3, 0.4) is 0 Å². The second-order valence-electron chi connectivity index (χ2n) is 5.36. The van der Waals surface area contributed by atoms with Gasteiger partial charge in [-0.1, -0.05) is 11.6 Å². The highest BCUT2D eigenvalue weighted by Gasteiger charge is 2.35. The monoisotopic (exact) mass is 315 g/mol. The Morgan fingerprint density at radius 2 is 2.00 bits per heavy atom. The fraction of sp³-hybridized carbons (Fsp3) is 0.615. The van der Waals surface area contributed by atoms with Crippen LogP contribution in [0, 0.1) is 0 Å². The SMILES string of the molecule is O=S(=O)(c1ccnc(Cl)c1)N1CCC(N2CCCC2)C1. The predicted molar refractivity (Wildman–Crippen MR) is 77.2 cm³/mol. The fourth-order valence-corrected chi connectivity index (χ4v) is 4.77. The van der Waals surface area contributed by atoms with Crippen molar-refractivity contribution in [1.82, 2.24) is 14.2 Å². The summed E-state index contributed by atoms with van der Waals surface area (Å²) in [5.74, 6) is 0. The topological polar surface area (TPSA) is 53.5 Å². The molecule has 0 bridgehead atoms. The first-order valence-corrected chi connectivity index (χ1v) is 8.75. The molecule has 1 aromatic rings. The number of likely N-dealkylation sites (tertiary alicyclic amines) is 1. The van der Waals surface area contributed by atoms with Crippen molar-refractivity contribution in [2.75, 3.05) is 26.2 Å². The average molecular weight is 316 g/mol. The minimum atomic E-state index is -3.44. The molecule has 110 valence electrons. The molecule has 2 fully saturated rings. The maximum Gasteiger partial charge on any atom is 0.243 e. The maximum atomic E-state index is 12.6. The lowest BCUT2D eigenvalue weighted by molar-refractivity contribution is 0.251. The Morgan fingerprint density at radius 3 is 2.70 bits per heavy atom. The van der Waals surface area contributed by atoms with Crippen molar-refractivity contribution in [2.45, 2.75) is 30.2 Å². The molecule has 3 rings (SSSR count). The lowest BCUT2D eigenvalue weighted by atomic mass is 10.2. The summed E-state index contributed by atoms with van der Waals surface area (Å²) < 4.78 is 26.7. The molecule has 2 aliphatic rings. The highest BCUT2D eigenvalue weighted by atomic mass is 35.5. The molecule has 2 aliphatic heterocycles. The molecule has 0 N–H and O–H groups in total. The van der Waals surface area contributed by atoms with E-state index in [1.54, 1.807) is 4.31 Å². The summed E-state index contributed by atoms with van der Waals surface area (Å²) in [5, 5.41) is 0.210. The molecule has 0 aromatic carbocycles. The summed E-state index contributed by atoms with van der Waals surface area (Å²) in [4.78, 5) is 6.48. The highest BCUT2D eigenvalue weighted by molar-refractivity contribution is 7.89. The van der Waals surface area contributed by atoms with Crippen LogP contribution in [0.15, 0.2) is 23.2 Å². The minimum absolute atomic E-state index is 0.210. The van der Waals surface area contributed by atoms with Gasteiger partial charge in [0.05, 0.1) is 4.90 Å². The van der Waals surface area contributed by atoms with E-state index in [0.29, 0.717) is 19.1 Å². The molecule has 1 atom stereocenters. The van der Waals surface area contributed by atoms with Crippen LogP contribution in [0.2, 0.25) is 5.15 Å². The summed E-state index contributed by atoms with van der Waals surface area (Å²) in [6.07, 6.45) is 4.80. The number of nitrogens with zero attached hydrogens (tertiary/aromatic N) is 3. The van der Waals surface area contributed by atoms with Crippen molar-refractivity contribution in [3.63, 3.8) is 0 Å². The first-order valence-electron chi connectivity index (χ1n) is 6.93. The van der Waals surface area contributed by atoms with E-state index in [2.05, 4.69) is 9.88 Å². The van der Waals surface area contributed by atoms with Gasteiger partial charge in [-0.05, 0) is 44.5 Å². The number of halogens is 1. The Morgan fingerprint density at radius 1 is 1.25 bits per heavy atom. The van der Waals surface area contributed by atoms with Gasteiger partial charge < -0.3 is 0 Å². The molecule has 5 nitrogen and oxygen atoms in total. The Balaban J connectivity index is 1.76. The second-order valence-corrected chi connectivity index (χ2v) is 7.69. The molecule has 7 heteroatoms. The van der Waals surface area contributed by atoms with E-state index in [1.807, 2.05) is 0 Å². The minimum Gasteiger partial charge on any atom is -0.299 e. The van der Waals surface area contributed by atoms with Crippen LogP contribution in [0.25, 0.3) is 0 Å². The van der Waals surface area contributed by atoms with Gasteiger partial charge in [0, 0.05) is 25.3 Å². The molecular weight excluding hydrogens is 298 g/mol. The molecule has 0 saturated carbocycles. The Hall–Kier alpha value is -0.690. The maximum absolute atomic E-state index is 12.6. The van der Waals surface area contributed by atoms with Gasteiger partial charge >= 0.3 is 0 Å². The molecule has 20 heavy (non-hydrogen) atoms. The van der Waals surface area contributed by atoms with E-state index in [9.17, 15) is 8.42 Å². The Bertz CT molecular complexity index is 587. The molecular formula is C13H18ClN3O2S. The van der Waals surface area contributed by atoms with Crippen molar-refractivity contribution in [2.24, 2.45) is 0 Å². The van der Waals surface area contributed by atoms with E-state index in [0.717, 1.165) is 19.5 Å². The van der Waals surface area contributed by atoms with Crippen LogP contribution in [-0.4, -0.2) is 54.8 Å². The third-order valence-electron chi connectivity index (χ3n) is 4.12. The van der Waals surface area contributed by atoms with Crippen LogP contribution in [-0.2, 0) is 10.0 Å². The van der Waals surface area contributed by atoms with Crippen LogP contribution in [0.1, 0.15) is 19.3 Å². The van der Waals surface area contributed by atoms with Crippen molar-refractivity contribution in [3.05, 3.63) is 23.5 Å². The Kier molecular flexibility index (Phi) is 3.99. The predicted octanol–water partition coefficient (Wildman–Crippen LogP) is 1.59. The zero-order chi connectivity index (χ0) is 14.2. The van der Waals surface area contributed by atoms with E-state index < -0.39 is 10.0 Å². The van der Waals surface area contributed by atoms with Crippen molar-refractivity contribution in [3.8, 4) is 0 Å². The van der Waals surface area contributed by atoms with Gasteiger partial charge in [0.25, 0.3) is 0 Å². The largest absolute Gasteiger partial charge is 0.299 e. The average Bonchev–Trinajstić information content (AvgIpc) is 3.10. The second kappa shape index (κ2) is 5.60. The first kappa shape index (κ1) is 14.3. The first-order chi connectivity index (χ1) is 9.57. The number of sulfonamides is 1. The van der Waals surface area contributed by atoms with Crippen LogP contribution >= 0.6 is 11.6 Å². The lowest BCUT2D eigenvalue weighted by Crippen LogP contribution is -2.37. The zero-order valence-corrected chi connectivity index (χ0v) is 12.8. The standard InChI is InChI=1S/C13H18ClN3O2S/c14-13-9-12(3-5-15-13)20(18,19)17-8-4-11(10-17)16-6-1-2-7-16/h3,5,9,11H,1-2,4,6-8,10H2. The number of aromatic nitrogens is 1. The molecule has 3 heterocycles. The van der Waals surface area contributed by atoms with Gasteiger partial charge in [0.1, 0.15) is 5.15 Å². The zero-order valence-electron chi connectivity index (χ0n) is 11.2. The third kappa shape index (κ3) is 2.70. The fourth-order valence-electron chi connectivity index (χ4n) is 3.03. The summed E-state index contributed by atoms with van der Waals surface area (Å²) in [5.41, 5.74) is 0. The number of hydrogen-bond donors (Lipinski definition) is 0. The van der Waals surface area contributed by atoms with E-state index >= 15 is 0 Å². The van der Waals surface area contributed by atoms with E-state index in [-0.39, 0.29) is 10.0 Å². The molecule has 0 aliphatic carbocycles. The van der Waals surface area contributed by atoms with Crippen molar-refractivity contribution in [1.29, 1.82) is 0 Å². The molecule has 0 radical (unpaired) electrons. The smallest absolute Gasteiger partial charge is 0.243 e. The number of hydrogen-bond acceptors (Lipinski definition) is 4. The Labute approximate surface area is 124 Å². The van der Waals surface area contributed by atoms with E-state index in [4.69, 9.17) is 11.6 Å². The molecule has 2 saturated heterocycles. The normalized spacial score (nSPS) is 25.4. The van der Waals surface area contributed by atoms with Gasteiger partial charge in [0.15, 0.2) is 0 Å². The molecule has 1 unspecified atom stereocenters. The van der Waals surface area contributed by atoms with Crippen LogP contribution in [0.4, 0.5) is 0 Å². The van der Waals surface area contributed by atoms with Gasteiger partial charge in [-0.25, -0.2) is 13.4 Å². The summed E-state index contributed by atoms with van der Waals surface area (Å²) in [7, 11) is -3.44. The molecule has 0 spiro atoms.